The fourth-order valence-corrected chi connectivity index (χ4v) is 2.80. The number of halogens is 1. The number of anilines is 1. The van der Waals surface area contributed by atoms with Crippen LogP contribution < -0.4 is 4.90 Å². The van der Waals surface area contributed by atoms with E-state index < -0.39 is 0 Å². The number of fused-ring (bicyclic) bond motifs is 1. The van der Waals surface area contributed by atoms with E-state index in [4.69, 9.17) is 11.6 Å². The fourth-order valence-electron chi connectivity index (χ4n) is 2.60. The van der Waals surface area contributed by atoms with Crippen molar-refractivity contribution in [3.05, 3.63) is 34.6 Å². The number of carbonyl (C=O) groups is 1. The molecule has 0 saturated carbocycles. The molecule has 2 aromatic rings. The van der Waals surface area contributed by atoms with Crippen LogP contribution in [-0.2, 0) is 12.0 Å². The van der Waals surface area contributed by atoms with Crippen LogP contribution in [0.25, 0.3) is 0 Å². The van der Waals surface area contributed by atoms with Gasteiger partial charge in [-0.15, -0.1) is 10.2 Å². The molecule has 6 nitrogen and oxygen atoms in total. The Balaban J connectivity index is 1.95. The molecule has 0 spiro atoms. The van der Waals surface area contributed by atoms with E-state index in [1.807, 2.05) is 39.8 Å². The number of hydrogen-bond donors (Lipinski definition) is 0. The second kappa shape index (κ2) is 5.05. The van der Waals surface area contributed by atoms with Crippen molar-refractivity contribution in [3.8, 4) is 0 Å². The van der Waals surface area contributed by atoms with Gasteiger partial charge in [-0.05, 0) is 63.1 Å². The summed E-state index contributed by atoms with van der Waals surface area (Å²) in [5.74, 6) is -0.117. The van der Waals surface area contributed by atoms with Crippen LogP contribution in [0.3, 0.4) is 0 Å². The lowest BCUT2D eigenvalue weighted by Crippen LogP contribution is -2.36. The first-order valence-electron chi connectivity index (χ1n) is 7.20. The van der Waals surface area contributed by atoms with Crippen LogP contribution in [-0.4, -0.2) is 32.2 Å². The van der Waals surface area contributed by atoms with Crippen LogP contribution in [0.5, 0.6) is 0 Å². The highest BCUT2D eigenvalue weighted by Crippen LogP contribution is 2.34. The summed E-state index contributed by atoms with van der Waals surface area (Å²) in [7, 11) is 0. The Labute approximate surface area is 134 Å². The van der Waals surface area contributed by atoms with Gasteiger partial charge in [0.2, 0.25) is 0 Å². The molecule has 1 aliphatic rings. The van der Waals surface area contributed by atoms with E-state index in [1.54, 1.807) is 11.0 Å². The standard InChI is InChI=1S/C15H18ClN5O/c1-9-7-10-8-11(16)5-6-12(10)20(9)14(22)13-17-19-21(18-13)15(2,3)4/h5-6,8-9H,7H2,1-4H3. The van der Waals surface area contributed by atoms with E-state index in [0.29, 0.717) is 5.02 Å². The molecular weight excluding hydrogens is 302 g/mol. The van der Waals surface area contributed by atoms with Gasteiger partial charge in [0, 0.05) is 16.8 Å². The number of benzene rings is 1. The number of tetrazole rings is 1. The van der Waals surface area contributed by atoms with Crippen molar-refractivity contribution in [2.45, 2.75) is 45.7 Å². The molecule has 7 heteroatoms. The first-order chi connectivity index (χ1) is 10.3. The normalized spacial score (nSPS) is 17.7. The SMILES string of the molecule is CC1Cc2cc(Cl)ccc2N1C(=O)c1nnn(C(C)(C)C)n1. The summed E-state index contributed by atoms with van der Waals surface area (Å²) in [5, 5.41) is 12.8. The van der Waals surface area contributed by atoms with Gasteiger partial charge >= 0.3 is 0 Å². The topological polar surface area (TPSA) is 63.9 Å². The van der Waals surface area contributed by atoms with Crippen molar-refractivity contribution in [2.24, 2.45) is 0 Å². The molecular formula is C15H18ClN5O. The number of nitrogens with zero attached hydrogens (tertiary/aromatic N) is 5. The lowest BCUT2D eigenvalue weighted by molar-refractivity contribution is 0.0970. The average Bonchev–Trinajstić information content (AvgIpc) is 3.00. The zero-order valence-corrected chi connectivity index (χ0v) is 13.8. The first kappa shape index (κ1) is 15.0. The van der Waals surface area contributed by atoms with E-state index in [2.05, 4.69) is 15.4 Å². The van der Waals surface area contributed by atoms with Crippen LogP contribution >= 0.6 is 11.6 Å². The summed E-state index contributed by atoms with van der Waals surface area (Å²) in [6.45, 7) is 7.87. The van der Waals surface area contributed by atoms with E-state index in [1.165, 1.54) is 4.80 Å². The molecule has 1 unspecified atom stereocenters. The predicted molar refractivity (Wildman–Crippen MR) is 84.2 cm³/mol. The Kier molecular flexibility index (Phi) is 3.44. The monoisotopic (exact) mass is 319 g/mol. The van der Waals surface area contributed by atoms with Gasteiger partial charge in [-0.25, -0.2) is 0 Å². The molecule has 1 amide bonds. The van der Waals surface area contributed by atoms with Crippen LogP contribution in [0.4, 0.5) is 5.69 Å². The Morgan fingerprint density at radius 1 is 1.36 bits per heavy atom. The second-order valence-electron chi connectivity index (χ2n) is 6.57. The number of carbonyl (C=O) groups excluding carboxylic acids is 1. The first-order valence-corrected chi connectivity index (χ1v) is 7.57. The Morgan fingerprint density at radius 2 is 2.09 bits per heavy atom. The maximum Gasteiger partial charge on any atom is 0.300 e. The van der Waals surface area contributed by atoms with Crippen molar-refractivity contribution in [1.29, 1.82) is 0 Å². The molecule has 2 heterocycles. The van der Waals surface area contributed by atoms with E-state index in [0.717, 1.165) is 17.7 Å². The molecule has 1 aromatic heterocycles. The largest absolute Gasteiger partial charge is 0.302 e. The third-order valence-corrected chi connectivity index (χ3v) is 3.92. The summed E-state index contributed by atoms with van der Waals surface area (Å²) >= 11 is 6.03. The summed E-state index contributed by atoms with van der Waals surface area (Å²) in [5.41, 5.74) is 1.62. The van der Waals surface area contributed by atoms with Gasteiger partial charge < -0.3 is 4.90 Å². The minimum absolute atomic E-state index is 0.0440. The summed E-state index contributed by atoms with van der Waals surface area (Å²) in [6.07, 6.45) is 0.773. The fraction of sp³-hybridized carbons (Fsp3) is 0.467. The Morgan fingerprint density at radius 3 is 2.73 bits per heavy atom. The number of hydrogen-bond acceptors (Lipinski definition) is 4. The highest BCUT2D eigenvalue weighted by atomic mass is 35.5. The summed E-state index contributed by atoms with van der Waals surface area (Å²) < 4.78 is 0. The van der Waals surface area contributed by atoms with Crippen LogP contribution in [0.1, 0.15) is 43.9 Å². The zero-order chi connectivity index (χ0) is 16.1. The van der Waals surface area contributed by atoms with E-state index in [-0.39, 0.29) is 23.3 Å². The van der Waals surface area contributed by atoms with Crippen LogP contribution in [0.15, 0.2) is 18.2 Å². The van der Waals surface area contributed by atoms with E-state index in [9.17, 15) is 4.79 Å². The molecule has 0 aliphatic carbocycles. The number of aromatic nitrogens is 4. The lowest BCUT2D eigenvalue weighted by atomic mass is 10.1. The second-order valence-corrected chi connectivity index (χ2v) is 7.01. The van der Waals surface area contributed by atoms with Gasteiger partial charge in [-0.3, -0.25) is 4.79 Å². The van der Waals surface area contributed by atoms with Crippen molar-refractivity contribution in [3.63, 3.8) is 0 Å². The molecule has 22 heavy (non-hydrogen) atoms. The third kappa shape index (κ3) is 2.47. The van der Waals surface area contributed by atoms with Gasteiger partial charge in [0.15, 0.2) is 0 Å². The molecule has 1 aromatic carbocycles. The van der Waals surface area contributed by atoms with Gasteiger partial charge in [0.05, 0.1) is 5.54 Å². The van der Waals surface area contributed by atoms with E-state index >= 15 is 0 Å². The van der Waals surface area contributed by atoms with Crippen molar-refractivity contribution < 1.29 is 4.79 Å². The van der Waals surface area contributed by atoms with Crippen molar-refractivity contribution in [2.75, 3.05) is 4.90 Å². The summed E-state index contributed by atoms with van der Waals surface area (Å²) in [6, 6.07) is 5.61. The lowest BCUT2D eigenvalue weighted by Gasteiger charge is -2.21. The molecule has 1 atom stereocenters. The van der Waals surface area contributed by atoms with Crippen LogP contribution in [0.2, 0.25) is 5.02 Å². The molecule has 3 rings (SSSR count). The molecule has 0 radical (unpaired) electrons. The molecule has 0 bridgehead atoms. The molecule has 116 valence electrons. The third-order valence-electron chi connectivity index (χ3n) is 3.68. The molecule has 0 fully saturated rings. The Hall–Kier alpha value is -1.95. The van der Waals surface area contributed by atoms with Crippen molar-refractivity contribution >= 4 is 23.2 Å². The Bertz CT molecular complexity index is 734. The van der Waals surface area contributed by atoms with Gasteiger partial charge in [0.1, 0.15) is 0 Å². The predicted octanol–water partition coefficient (Wildman–Crippen LogP) is 2.67. The minimum Gasteiger partial charge on any atom is -0.302 e. The number of rotatable bonds is 1. The van der Waals surface area contributed by atoms with Crippen molar-refractivity contribution in [1.82, 2.24) is 20.2 Å². The minimum atomic E-state index is -0.312. The molecule has 1 aliphatic heterocycles. The smallest absolute Gasteiger partial charge is 0.300 e. The van der Waals surface area contributed by atoms with Crippen LogP contribution in [0, 0.1) is 0 Å². The highest BCUT2D eigenvalue weighted by Gasteiger charge is 2.34. The highest BCUT2D eigenvalue weighted by molar-refractivity contribution is 6.30. The molecule has 0 N–H and O–H groups in total. The van der Waals surface area contributed by atoms with Gasteiger partial charge in [0.25, 0.3) is 11.7 Å². The maximum absolute atomic E-state index is 12.8. The van der Waals surface area contributed by atoms with Gasteiger partial charge in [-0.2, -0.15) is 4.80 Å². The van der Waals surface area contributed by atoms with Gasteiger partial charge in [-0.1, -0.05) is 11.6 Å². The number of amides is 1. The zero-order valence-electron chi connectivity index (χ0n) is 13.0. The molecule has 0 saturated heterocycles. The maximum atomic E-state index is 12.8. The quantitative estimate of drug-likeness (QED) is 0.810. The summed E-state index contributed by atoms with van der Waals surface area (Å²) in [4.78, 5) is 15.9. The average molecular weight is 320 g/mol.